The Kier molecular flexibility index (Phi) is 3.99. The number of anilines is 1. The molecule has 124 valence electrons. The van der Waals surface area contributed by atoms with Crippen molar-refractivity contribution in [1.82, 2.24) is 19.5 Å². The molecule has 0 aliphatic carbocycles. The molecule has 1 saturated heterocycles. The van der Waals surface area contributed by atoms with Gasteiger partial charge in [-0.1, -0.05) is 35.3 Å². The van der Waals surface area contributed by atoms with E-state index in [0.717, 1.165) is 12.0 Å². The van der Waals surface area contributed by atoms with Gasteiger partial charge in [0.2, 0.25) is 0 Å². The van der Waals surface area contributed by atoms with Crippen molar-refractivity contribution < 1.29 is 9.13 Å². The zero-order valence-electron chi connectivity index (χ0n) is 12.3. The monoisotopic (exact) mass is 367 g/mol. The van der Waals surface area contributed by atoms with E-state index in [9.17, 15) is 4.39 Å². The minimum absolute atomic E-state index is 0.153. The molecule has 1 aromatic carbocycles. The molecule has 9 heteroatoms. The minimum atomic E-state index is -0.830. The summed E-state index contributed by atoms with van der Waals surface area (Å²) in [6, 6.07) is 5.33. The normalized spacial score (nSPS) is 17.0. The van der Waals surface area contributed by atoms with Crippen LogP contribution in [0.1, 0.15) is 18.2 Å². The van der Waals surface area contributed by atoms with Crippen molar-refractivity contribution in [3.8, 4) is 0 Å². The summed E-state index contributed by atoms with van der Waals surface area (Å²) >= 11 is 12.2. The van der Waals surface area contributed by atoms with Crippen molar-refractivity contribution >= 4 is 40.2 Å². The Bertz CT molecular complexity index is 912. The summed E-state index contributed by atoms with van der Waals surface area (Å²) in [4.78, 5) is 11.9. The SMILES string of the molecule is Fc1nc(NCc2cccc(Cl)c2Cl)c2ncn(C3CCO3)c2n1. The molecule has 1 aliphatic heterocycles. The molecule has 1 atom stereocenters. The maximum Gasteiger partial charge on any atom is 0.312 e. The molecule has 0 amide bonds. The number of halogens is 3. The van der Waals surface area contributed by atoms with E-state index in [1.807, 2.05) is 6.07 Å². The Morgan fingerprint density at radius 2 is 2.17 bits per heavy atom. The average Bonchev–Trinajstić information content (AvgIpc) is 2.90. The molecule has 0 saturated carbocycles. The highest BCUT2D eigenvalue weighted by Crippen LogP contribution is 2.29. The Balaban J connectivity index is 1.66. The fourth-order valence-corrected chi connectivity index (χ4v) is 2.92. The number of imidazole rings is 1. The van der Waals surface area contributed by atoms with Crippen LogP contribution in [0.2, 0.25) is 10.0 Å². The van der Waals surface area contributed by atoms with Crippen molar-refractivity contribution in [3.63, 3.8) is 0 Å². The van der Waals surface area contributed by atoms with Gasteiger partial charge in [0.25, 0.3) is 0 Å². The van der Waals surface area contributed by atoms with Gasteiger partial charge in [-0.3, -0.25) is 4.57 Å². The lowest BCUT2D eigenvalue weighted by molar-refractivity contribution is -0.0974. The minimum Gasteiger partial charge on any atom is -0.364 e. The number of hydrogen-bond donors (Lipinski definition) is 1. The first kappa shape index (κ1) is 15.6. The Morgan fingerprint density at radius 3 is 2.92 bits per heavy atom. The standard InChI is InChI=1S/C15H12Cl2FN5O/c16-9-3-1-2-8(11(9)17)6-19-13-12-14(22-15(18)21-13)23(7-20-12)10-4-5-24-10/h1-3,7,10H,4-6H2,(H,19,21,22). The van der Waals surface area contributed by atoms with Crippen molar-refractivity contribution in [2.75, 3.05) is 11.9 Å². The summed E-state index contributed by atoms with van der Waals surface area (Å²) < 4.78 is 20.9. The van der Waals surface area contributed by atoms with Crippen LogP contribution >= 0.6 is 23.2 Å². The number of nitrogens with one attached hydrogen (secondary N) is 1. The van der Waals surface area contributed by atoms with Gasteiger partial charge in [0.05, 0.1) is 23.0 Å². The second-order valence-corrected chi connectivity index (χ2v) is 6.13. The van der Waals surface area contributed by atoms with Crippen LogP contribution in [-0.2, 0) is 11.3 Å². The maximum absolute atomic E-state index is 13.8. The first-order valence-electron chi connectivity index (χ1n) is 7.32. The molecule has 1 unspecified atom stereocenters. The molecular weight excluding hydrogens is 356 g/mol. The first-order chi connectivity index (χ1) is 11.6. The van der Waals surface area contributed by atoms with Gasteiger partial charge < -0.3 is 10.1 Å². The number of ether oxygens (including phenoxy) is 1. The molecule has 3 aromatic rings. The van der Waals surface area contributed by atoms with Gasteiger partial charge in [-0.25, -0.2) is 4.98 Å². The van der Waals surface area contributed by atoms with Gasteiger partial charge in [-0.2, -0.15) is 14.4 Å². The quantitative estimate of drug-likeness (QED) is 0.710. The van der Waals surface area contributed by atoms with E-state index in [2.05, 4.69) is 20.3 Å². The smallest absolute Gasteiger partial charge is 0.312 e. The van der Waals surface area contributed by atoms with Crippen LogP contribution in [0.4, 0.5) is 10.2 Å². The summed E-state index contributed by atoms with van der Waals surface area (Å²) in [7, 11) is 0. The highest BCUT2D eigenvalue weighted by atomic mass is 35.5. The molecule has 1 aliphatic rings. The number of nitrogens with zero attached hydrogens (tertiary/aromatic N) is 4. The largest absolute Gasteiger partial charge is 0.364 e. The fourth-order valence-electron chi connectivity index (χ4n) is 2.53. The average molecular weight is 368 g/mol. The van der Waals surface area contributed by atoms with Gasteiger partial charge in [-0.05, 0) is 11.6 Å². The predicted octanol–water partition coefficient (Wildman–Crippen LogP) is 3.80. The Hall–Kier alpha value is -1.96. The molecule has 4 rings (SSSR count). The van der Waals surface area contributed by atoms with Crippen molar-refractivity contribution in [2.24, 2.45) is 0 Å². The van der Waals surface area contributed by atoms with Crippen LogP contribution in [0.15, 0.2) is 24.5 Å². The summed E-state index contributed by atoms with van der Waals surface area (Å²) in [6.45, 7) is 1.01. The zero-order chi connectivity index (χ0) is 16.7. The van der Waals surface area contributed by atoms with E-state index < -0.39 is 6.08 Å². The third-order valence-electron chi connectivity index (χ3n) is 3.86. The third-order valence-corrected chi connectivity index (χ3v) is 4.72. The van der Waals surface area contributed by atoms with Crippen LogP contribution in [-0.4, -0.2) is 26.1 Å². The van der Waals surface area contributed by atoms with Crippen molar-refractivity contribution in [1.29, 1.82) is 0 Å². The first-order valence-corrected chi connectivity index (χ1v) is 8.07. The van der Waals surface area contributed by atoms with Gasteiger partial charge in [0, 0.05) is 13.0 Å². The lowest BCUT2D eigenvalue weighted by Crippen LogP contribution is -2.24. The summed E-state index contributed by atoms with van der Waals surface area (Å²) in [5, 5.41) is 3.96. The van der Waals surface area contributed by atoms with E-state index >= 15 is 0 Å². The van der Waals surface area contributed by atoms with Gasteiger partial charge in [0.15, 0.2) is 17.0 Å². The second kappa shape index (κ2) is 6.16. The van der Waals surface area contributed by atoms with Gasteiger partial charge in [0.1, 0.15) is 6.23 Å². The summed E-state index contributed by atoms with van der Waals surface area (Å²) in [6.07, 6.45) is 1.45. The molecule has 24 heavy (non-hydrogen) atoms. The molecular formula is C15H12Cl2FN5O. The highest BCUT2D eigenvalue weighted by Gasteiger charge is 2.24. The van der Waals surface area contributed by atoms with E-state index in [1.54, 1.807) is 23.0 Å². The van der Waals surface area contributed by atoms with Gasteiger partial charge in [-0.15, -0.1) is 0 Å². The summed E-state index contributed by atoms with van der Waals surface area (Å²) in [5.74, 6) is 0.298. The van der Waals surface area contributed by atoms with Crippen molar-refractivity contribution in [3.05, 3.63) is 46.2 Å². The number of fused-ring (bicyclic) bond motifs is 1. The molecule has 0 spiro atoms. The lowest BCUT2D eigenvalue weighted by Gasteiger charge is -2.27. The van der Waals surface area contributed by atoms with E-state index in [0.29, 0.717) is 40.2 Å². The maximum atomic E-state index is 13.8. The fraction of sp³-hybridized carbons (Fsp3) is 0.267. The van der Waals surface area contributed by atoms with Gasteiger partial charge >= 0.3 is 6.08 Å². The predicted molar refractivity (Wildman–Crippen MR) is 88.7 cm³/mol. The molecule has 6 nitrogen and oxygen atoms in total. The topological polar surface area (TPSA) is 64.9 Å². The zero-order valence-corrected chi connectivity index (χ0v) is 13.9. The molecule has 1 fully saturated rings. The second-order valence-electron chi connectivity index (χ2n) is 5.35. The molecule has 2 aromatic heterocycles. The van der Waals surface area contributed by atoms with E-state index in [1.165, 1.54) is 0 Å². The lowest BCUT2D eigenvalue weighted by atomic mass is 10.2. The number of benzene rings is 1. The summed E-state index contributed by atoms with van der Waals surface area (Å²) in [5.41, 5.74) is 1.65. The number of hydrogen-bond acceptors (Lipinski definition) is 5. The van der Waals surface area contributed by atoms with E-state index in [-0.39, 0.29) is 6.23 Å². The van der Waals surface area contributed by atoms with Crippen LogP contribution in [0, 0.1) is 6.08 Å². The molecule has 0 radical (unpaired) electrons. The molecule has 3 heterocycles. The number of rotatable bonds is 4. The third kappa shape index (κ3) is 2.68. The highest BCUT2D eigenvalue weighted by molar-refractivity contribution is 6.42. The Labute approximate surface area is 146 Å². The van der Waals surface area contributed by atoms with Crippen molar-refractivity contribution in [2.45, 2.75) is 19.2 Å². The Morgan fingerprint density at radius 1 is 1.33 bits per heavy atom. The van der Waals surface area contributed by atoms with Crippen LogP contribution in [0.25, 0.3) is 11.2 Å². The molecule has 0 bridgehead atoms. The van der Waals surface area contributed by atoms with Crippen LogP contribution in [0.3, 0.4) is 0 Å². The van der Waals surface area contributed by atoms with Crippen LogP contribution < -0.4 is 5.32 Å². The number of aromatic nitrogens is 4. The van der Waals surface area contributed by atoms with E-state index in [4.69, 9.17) is 27.9 Å². The van der Waals surface area contributed by atoms with Crippen LogP contribution in [0.5, 0.6) is 0 Å². The molecule has 1 N–H and O–H groups in total.